The van der Waals surface area contributed by atoms with Crippen molar-refractivity contribution in [3.8, 4) is 5.75 Å². The third-order valence-corrected chi connectivity index (χ3v) is 5.32. The summed E-state index contributed by atoms with van der Waals surface area (Å²) < 4.78 is 8.49. The van der Waals surface area contributed by atoms with E-state index in [4.69, 9.17) is 4.74 Å². The lowest BCUT2D eigenvalue weighted by Crippen LogP contribution is -2.31. The number of carbonyl (C=O) groups is 1. The molecule has 1 amide bonds. The van der Waals surface area contributed by atoms with Gasteiger partial charge in [-0.15, -0.1) is 0 Å². The summed E-state index contributed by atoms with van der Waals surface area (Å²) in [4.78, 5) is 30.2. The Hall–Kier alpha value is -3.09. The van der Waals surface area contributed by atoms with Gasteiger partial charge in [0.2, 0.25) is 5.91 Å². The van der Waals surface area contributed by atoms with Gasteiger partial charge < -0.3 is 10.1 Å². The average molecular weight is 380 g/mol. The second-order valence-electron chi connectivity index (χ2n) is 7.16. The fraction of sp³-hybridized carbons (Fsp3) is 0.381. The van der Waals surface area contributed by atoms with E-state index in [-0.39, 0.29) is 24.2 Å². The van der Waals surface area contributed by atoms with Crippen molar-refractivity contribution < 1.29 is 9.53 Å². The highest BCUT2D eigenvalue weighted by Gasteiger charge is 2.23. The van der Waals surface area contributed by atoms with Gasteiger partial charge in [0.05, 0.1) is 12.6 Å². The van der Waals surface area contributed by atoms with Crippen LogP contribution >= 0.6 is 0 Å². The number of benzene rings is 1. The first-order valence-electron chi connectivity index (χ1n) is 9.67. The number of imidazole rings is 1. The lowest BCUT2D eigenvalue weighted by Gasteiger charge is -2.22. The quantitative estimate of drug-likeness (QED) is 0.736. The van der Waals surface area contributed by atoms with Crippen molar-refractivity contribution in [2.45, 2.75) is 44.7 Å². The van der Waals surface area contributed by atoms with Crippen molar-refractivity contribution in [1.29, 1.82) is 0 Å². The summed E-state index contributed by atoms with van der Waals surface area (Å²) in [7, 11) is 1.58. The van der Waals surface area contributed by atoms with E-state index in [0.29, 0.717) is 22.6 Å². The monoisotopic (exact) mass is 380 g/mol. The first kappa shape index (κ1) is 18.3. The van der Waals surface area contributed by atoms with Crippen molar-refractivity contribution in [3.63, 3.8) is 0 Å². The predicted molar refractivity (Wildman–Crippen MR) is 108 cm³/mol. The SMILES string of the molecule is COc1cccc(NC(=O)Cn2c(=O)n(C3CCCCC3)c3ncccc32)c1. The van der Waals surface area contributed by atoms with Crippen LogP contribution in [0.3, 0.4) is 0 Å². The highest BCUT2D eigenvalue weighted by Crippen LogP contribution is 2.29. The molecule has 0 aliphatic heterocycles. The molecule has 0 atom stereocenters. The molecule has 0 radical (unpaired) electrons. The number of nitrogens with zero attached hydrogens (tertiary/aromatic N) is 3. The number of amides is 1. The van der Waals surface area contributed by atoms with E-state index < -0.39 is 0 Å². The van der Waals surface area contributed by atoms with Crippen molar-refractivity contribution in [2.75, 3.05) is 12.4 Å². The number of hydrogen-bond donors (Lipinski definition) is 1. The molecule has 1 fully saturated rings. The standard InChI is InChI=1S/C21H24N4O3/c1-28-17-10-5-7-15(13-17)23-19(26)14-24-18-11-6-12-22-20(18)25(21(24)27)16-8-3-2-4-9-16/h5-7,10-13,16H,2-4,8-9,14H2,1H3,(H,23,26). The van der Waals surface area contributed by atoms with Gasteiger partial charge in [-0.1, -0.05) is 25.3 Å². The van der Waals surface area contributed by atoms with Crippen molar-refractivity contribution in [1.82, 2.24) is 14.1 Å². The minimum absolute atomic E-state index is 0.0576. The number of rotatable bonds is 5. The molecule has 1 aliphatic carbocycles. The van der Waals surface area contributed by atoms with Gasteiger partial charge >= 0.3 is 5.69 Å². The summed E-state index contributed by atoms with van der Waals surface area (Å²) in [5.41, 5.74) is 1.82. The largest absolute Gasteiger partial charge is 0.497 e. The van der Waals surface area contributed by atoms with Gasteiger partial charge in [0.1, 0.15) is 12.3 Å². The maximum Gasteiger partial charge on any atom is 0.331 e. The Kier molecular flexibility index (Phi) is 5.14. The maximum atomic E-state index is 13.2. The third kappa shape index (κ3) is 3.52. The minimum atomic E-state index is -0.262. The molecule has 3 aromatic rings. The van der Waals surface area contributed by atoms with Gasteiger partial charge in [0.25, 0.3) is 0 Å². The molecule has 2 aromatic heterocycles. The molecule has 0 saturated heterocycles. The zero-order valence-electron chi connectivity index (χ0n) is 15.9. The molecule has 0 spiro atoms. The second-order valence-corrected chi connectivity index (χ2v) is 7.16. The molecular weight excluding hydrogens is 356 g/mol. The molecule has 146 valence electrons. The summed E-state index contributed by atoms with van der Waals surface area (Å²) in [6, 6.07) is 10.9. The summed E-state index contributed by atoms with van der Waals surface area (Å²) in [5.74, 6) is 0.398. The van der Waals surface area contributed by atoms with E-state index in [1.165, 1.54) is 11.0 Å². The molecule has 2 heterocycles. The molecule has 28 heavy (non-hydrogen) atoms. The van der Waals surface area contributed by atoms with Crippen molar-refractivity contribution >= 4 is 22.8 Å². The Labute approximate surface area is 163 Å². The molecule has 7 nitrogen and oxygen atoms in total. The molecule has 7 heteroatoms. The summed E-state index contributed by atoms with van der Waals surface area (Å²) >= 11 is 0. The zero-order valence-corrected chi connectivity index (χ0v) is 15.9. The molecule has 0 unspecified atom stereocenters. The van der Waals surface area contributed by atoms with Crippen LogP contribution in [0.25, 0.3) is 11.2 Å². The number of hydrogen-bond acceptors (Lipinski definition) is 4. The Balaban J connectivity index is 1.64. The number of nitrogens with one attached hydrogen (secondary N) is 1. The van der Waals surface area contributed by atoms with Gasteiger partial charge in [-0.05, 0) is 37.1 Å². The fourth-order valence-electron chi connectivity index (χ4n) is 3.97. The van der Waals surface area contributed by atoms with E-state index in [1.54, 1.807) is 42.1 Å². The number of pyridine rings is 1. The number of fused-ring (bicyclic) bond motifs is 1. The molecule has 1 saturated carbocycles. The molecule has 1 aromatic carbocycles. The molecule has 1 N–H and O–H groups in total. The first-order valence-corrected chi connectivity index (χ1v) is 9.67. The van der Waals surface area contributed by atoms with Crippen LogP contribution in [0.2, 0.25) is 0 Å². The highest BCUT2D eigenvalue weighted by molar-refractivity contribution is 5.91. The van der Waals surface area contributed by atoms with Crippen LogP contribution in [-0.4, -0.2) is 27.1 Å². The van der Waals surface area contributed by atoms with Crippen LogP contribution in [0.5, 0.6) is 5.75 Å². The number of aromatic nitrogens is 3. The van der Waals surface area contributed by atoms with E-state index in [1.807, 2.05) is 12.1 Å². The van der Waals surface area contributed by atoms with E-state index >= 15 is 0 Å². The zero-order chi connectivity index (χ0) is 19.5. The predicted octanol–water partition coefficient (Wildman–Crippen LogP) is 3.35. The van der Waals surface area contributed by atoms with Gasteiger partial charge in [-0.25, -0.2) is 9.78 Å². The molecule has 4 rings (SSSR count). The van der Waals surface area contributed by atoms with Gasteiger partial charge in [0, 0.05) is 24.0 Å². The summed E-state index contributed by atoms with van der Waals surface area (Å²) in [6.45, 7) is -0.0576. The van der Waals surface area contributed by atoms with E-state index in [9.17, 15) is 9.59 Å². The minimum Gasteiger partial charge on any atom is -0.497 e. The van der Waals surface area contributed by atoms with Crippen molar-refractivity contribution in [3.05, 3.63) is 53.1 Å². The Morgan fingerprint density at radius 1 is 1.21 bits per heavy atom. The van der Waals surface area contributed by atoms with E-state index in [2.05, 4.69) is 10.3 Å². The average Bonchev–Trinajstić information content (AvgIpc) is 3.00. The smallest absolute Gasteiger partial charge is 0.331 e. The number of ether oxygens (including phenoxy) is 1. The summed E-state index contributed by atoms with van der Waals surface area (Å²) in [6.07, 6.45) is 7.10. The Morgan fingerprint density at radius 2 is 2.04 bits per heavy atom. The Morgan fingerprint density at radius 3 is 2.82 bits per heavy atom. The lowest BCUT2D eigenvalue weighted by atomic mass is 9.95. The normalized spacial score (nSPS) is 14.9. The second kappa shape index (κ2) is 7.88. The third-order valence-electron chi connectivity index (χ3n) is 5.32. The van der Waals surface area contributed by atoms with Gasteiger partial charge in [-0.3, -0.25) is 13.9 Å². The number of methoxy groups -OCH3 is 1. The number of carbonyl (C=O) groups excluding carboxylic acids is 1. The highest BCUT2D eigenvalue weighted by atomic mass is 16.5. The van der Waals surface area contributed by atoms with Gasteiger partial charge in [-0.2, -0.15) is 0 Å². The number of anilines is 1. The fourth-order valence-corrected chi connectivity index (χ4v) is 3.97. The van der Waals surface area contributed by atoms with E-state index in [0.717, 1.165) is 25.7 Å². The van der Waals surface area contributed by atoms with Crippen LogP contribution in [-0.2, 0) is 11.3 Å². The summed E-state index contributed by atoms with van der Waals surface area (Å²) in [5, 5.41) is 2.84. The van der Waals surface area contributed by atoms with Crippen LogP contribution in [0.15, 0.2) is 47.4 Å². The lowest BCUT2D eigenvalue weighted by molar-refractivity contribution is -0.116. The molecule has 0 bridgehead atoms. The van der Waals surface area contributed by atoms with Crippen LogP contribution < -0.4 is 15.7 Å². The van der Waals surface area contributed by atoms with Crippen LogP contribution in [0, 0.1) is 0 Å². The maximum absolute atomic E-state index is 13.2. The van der Waals surface area contributed by atoms with Crippen LogP contribution in [0.4, 0.5) is 5.69 Å². The molecule has 1 aliphatic rings. The van der Waals surface area contributed by atoms with Crippen molar-refractivity contribution in [2.24, 2.45) is 0 Å². The van der Waals surface area contributed by atoms with Gasteiger partial charge in [0.15, 0.2) is 5.65 Å². The first-order chi connectivity index (χ1) is 13.7. The van der Waals surface area contributed by atoms with Crippen LogP contribution in [0.1, 0.15) is 38.1 Å². The molecular formula is C21H24N4O3. The Bertz CT molecular complexity index is 1050. The topological polar surface area (TPSA) is 78.1 Å².